The van der Waals surface area contributed by atoms with Gasteiger partial charge in [-0.25, -0.2) is 8.42 Å². The second kappa shape index (κ2) is 13.2. The average Bonchev–Trinajstić information content (AvgIpc) is 3.40. The summed E-state index contributed by atoms with van der Waals surface area (Å²) < 4.78 is 32.7. The number of furan rings is 1. The van der Waals surface area contributed by atoms with E-state index in [9.17, 15) is 18.0 Å². The Kier molecular flexibility index (Phi) is 10.3. The van der Waals surface area contributed by atoms with Gasteiger partial charge in [-0.2, -0.15) is 4.31 Å². The number of piperidine rings is 1. The maximum atomic E-state index is 13.8. The summed E-state index contributed by atoms with van der Waals surface area (Å²) in [6, 6.07) is 11.2. The fourth-order valence-corrected chi connectivity index (χ4v) is 6.14. The van der Waals surface area contributed by atoms with Gasteiger partial charge in [0.2, 0.25) is 15.9 Å². The maximum absolute atomic E-state index is 13.8. The van der Waals surface area contributed by atoms with E-state index >= 15 is 0 Å². The molecule has 8 nitrogen and oxygen atoms in total. The minimum Gasteiger partial charge on any atom is -0.459 e. The topological polar surface area (TPSA) is 91.1 Å². The Hall–Kier alpha value is -2.65. The molecule has 3 rings (SSSR count). The van der Waals surface area contributed by atoms with Gasteiger partial charge in [0.25, 0.3) is 5.91 Å². The minimum atomic E-state index is -3.53. The highest BCUT2D eigenvalue weighted by atomic mass is 32.2. The van der Waals surface area contributed by atoms with E-state index in [1.54, 1.807) is 17.0 Å². The van der Waals surface area contributed by atoms with Crippen LogP contribution in [0.5, 0.6) is 0 Å². The summed E-state index contributed by atoms with van der Waals surface area (Å²) in [5.74, 6) is 0.332. The molecule has 0 unspecified atom stereocenters. The van der Waals surface area contributed by atoms with E-state index in [0.717, 1.165) is 11.1 Å². The predicted octanol–water partition coefficient (Wildman–Crippen LogP) is 4.31. The van der Waals surface area contributed by atoms with Crippen molar-refractivity contribution in [2.24, 2.45) is 5.92 Å². The summed E-state index contributed by atoms with van der Waals surface area (Å²) in [6.45, 7) is 9.55. The number of hydrogen-bond acceptors (Lipinski definition) is 5. The molecule has 2 aromatic rings. The second-order valence-corrected chi connectivity index (χ2v) is 12.4. The first-order valence-corrected chi connectivity index (χ1v) is 14.9. The van der Waals surface area contributed by atoms with Gasteiger partial charge in [-0.05, 0) is 61.8 Å². The smallest absolute Gasteiger partial charge is 0.289 e. The Labute approximate surface area is 221 Å². The molecule has 1 aromatic heterocycles. The molecule has 1 saturated heterocycles. The molecule has 204 valence electrons. The molecule has 37 heavy (non-hydrogen) atoms. The Morgan fingerprint density at radius 2 is 1.81 bits per heavy atom. The molecule has 0 radical (unpaired) electrons. The van der Waals surface area contributed by atoms with E-state index in [0.29, 0.717) is 63.5 Å². The van der Waals surface area contributed by atoms with Crippen LogP contribution in [-0.2, 0) is 21.4 Å². The first kappa shape index (κ1) is 28.9. The fraction of sp³-hybridized carbons (Fsp3) is 0.571. The summed E-state index contributed by atoms with van der Waals surface area (Å²) in [6.07, 6.45) is 3.93. The van der Waals surface area contributed by atoms with Gasteiger partial charge in [0.05, 0.1) is 18.6 Å². The quantitative estimate of drug-likeness (QED) is 0.407. The molecular formula is C28H41N3O5S. The van der Waals surface area contributed by atoms with Crippen LogP contribution >= 0.6 is 0 Å². The van der Waals surface area contributed by atoms with Crippen LogP contribution in [0.4, 0.5) is 0 Å². The van der Waals surface area contributed by atoms with E-state index in [4.69, 9.17) is 4.42 Å². The number of nitrogens with zero attached hydrogens (tertiary/aromatic N) is 3. The molecule has 0 spiro atoms. The Balaban J connectivity index is 1.79. The summed E-state index contributed by atoms with van der Waals surface area (Å²) in [4.78, 5) is 30.1. The molecule has 0 atom stereocenters. The van der Waals surface area contributed by atoms with Crippen molar-refractivity contribution in [1.29, 1.82) is 0 Å². The summed E-state index contributed by atoms with van der Waals surface area (Å²) in [7, 11) is -3.53. The normalized spacial score (nSPS) is 14.9. The van der Waals surface area contributed by atoms with Crippen molar-refractivity contribution in [3.8, 4) is 0 Å². The van der Waals surface area contributed by atoms with Crippen LogP contribution in [0.3, 0.4) is 0 Å². The van der Waals surface area contributed by atoms with Crippen molar-refractivity contribution in [2.75, 3.05) is 31.9 Å². The van der Waals surface area contributed by atoms with Crippen LogP contribution in [0, 0.1) is 12.8 Å². The van der Waals surface area contributed by atoms with Crippen LogP contribution < -0.4 is 0 Å². The summed E-state index contributed by atoms with van der Waals surface area (Å²) >= 11 is 0. The van der Waals surface area contributed by atoms with Crippen LogP contribution in [0.2, 0.25) is 0 Å². The summed E-state index contributed by atoms with van der Waals surface area (Å²) in [5, 5.41) is 0. The zero-order valence-electron chi connectivity index (χ0n) is 22.6. The van der Waals surface area contributed by atoms with Gasteiger partial charge < -0.3 is 14.2 Å². The molecular weight excluding hydrogens is 490 g/mol. The van der Waals surface area contributed by atoms with Crippen LogP contribution in [-0.4, -0.2) is 72.3 Å². The first-order chi connectivity index (χ1) is 17.6. The zero-order valence-corrected chi connectivity index (χ0v) is 23.4. The van der Waals surface area contributed by atoms with E-state index in [1.165, 1.54) is 10.6 Å². The van der Waals surface area contributed by atoms with Crippen molar-refractivity contribution >= 4 is 21.8 Å². The van der Waals surface area contributed by atoms with Gasteiger partial charge in [0, 0.05) is 32.2 Å². The largest absolute Gasteiger partial charge is 0.459 e. The molecule has 1 fully saturated rings. The van der Waals surface area contributed by atoms with Gasteiger partial charge in [-0.15, -0.1) is 0 Å². The highest BCUT2D eigenvalue weighted by Crippen LogP contribution is 2.23. The van der Waals surface area contributed by atoms with Crippen LogP contribution in [0.1, 0.15) is 68.1 Å². The number of sulfonamides is 1. The maximum Gasteiger partial charge on any atom is 0.289 e. The average molecular weight is 532 g/mol. The first-order valence-electron chi connectivity index (χ1n) is 13.3. The molecule has 0 saturated carbocycles. The van der Waals surface area contributed by atoms with Crippen molar-refractivity contribution in [2.45, 2.75) is 66.0 Å². The second-order valence-electron chi connectivity index (χ2n) is 10.3. The molecule has 1 aliphatic rings. The van der Waals surface area contributed by atoms with E-state index in [2.05, 4.69) is 13.8 Å². The lowest BCUT2D eigenvalue weighted by atomic mass is 10.0. The van der Waals surface area contributed by atoms with Crippen molar-refractivity contribution in [1.82, 2.24) is 14.1 Å². The number of aryl methyl sites for hydroxylation is 1. The van der Waals surface area contributed by atoms with Crippen LogP contribution in [0.25, 0.3) is 0 Å². The van der Waals surface area contributed by atoms with E-state index in [1.807, 2.05) is 43.0 Å². The number of carbonyl (C=O) groups is 2. The lowest BCUT2D eigenvalue weighted by Crippen LogP contribution is -2.51. The number of amides is 2. The van der Waals surface area contributed by atoms with E-state index < -0.39 is 10.0 Å². The number of benzene rings is 1. The number of carbonyl (C=O) groups excluding carboxylic acids is 2. The highest BCUT2D eigenvalue weighted by Gasteiger charge is 2.33. The van der Waals surface area contributed by atoms with Gasteiger partial charge in [-0.1, -0.05) is 45.0 Å². The third kappa shape index (κ3) is 7.92. The predicted molar refractivity (Wildman–Crippen MR) is 144 cm³/mol. The Morgan fingerprint density at radius 3 is 2.41 bits per heavy atom. The van der Waals surface area contributed by atoms with Gasteiger partial charge in [-0.3, -0.25) is 9.59 Å². The van der Waals surface area contributed by atoms with Crippen LogP contribution in [0.15, 0.2) is 47.1 Å². The van der Waals surface area contributed by atoms with Crippen molar-refractivity contribution < 1.29 is 22.4 Å². The summed E-state index contributed by atoms with van der Waals surface area (Å²) in [5.41, 5.74) is 2.12. The lowest BCUT2D eigenvalue weighted by molar-refractivity contribution is -0.135. The Morgan fingerprint density at radius 1 is 1.11 bits per heavy atom. The van der Waals surface area contributed by atoms with E-state index in [-0.39, 0.29) is 30.2 Å². The third-order valence-corrected chi connectivity index (χ3v) is 8.99. The van der Waals surface area contributed by atoms with Gasteiger partial charge in [0.15, 0.2) is 5.76 Å². The van der Waals surface area contributed by atoms with Gasteiger partial charge in [0.1, 0.15) is 0 Å². The zero-order chi connectivity index (χ0) is 27.0. The SMILES string of the molecule is CCCS(=O)(=O)N(CCC(C)C)CC(=O)N(Cc1ccccc1C)C1CCN(C(=O)c2ccco2)CC1. The third-order valence-electron chi connectivity index (χ3n) is 6.97. The fourth-order valence-electron chi connectivity index (χ4n) is 4.68. The molecule has 1 aliphatic heterocycles. The number of hydrogen-bond donors (Lipinski definition) is 0. The molecule has 1 aromatic carbocycles. The molecule has 2 heterocycles. The molecule has 0 aliphatic carbocycles. The molecule has 2 amide bonds. The monoisotopic (exact) mass is 531 g/mol. The lowest BCUT2D eigenvalue weighted by Gasteiger charge is -2.39. The Bertz CT molecular complexity index is 1120. The molecule has 0 N–H and O–H groups in total. The molecule has 9 heteroatoms. The number of rotatable bonds is 12. The highest BCUT2D eigenvalue weighted by molar-refractivity contribution is 7.89. The standard InChI is InChI=1S/C28H41N3O5S/c1-5-19-37(34,35)30(17-12-22(2)3)21-27(32)31(20-24-10-7-6-9-23(24)4)25-13-15-29(16-14-25)28(33)26-11-8-18-36-26/h6-11,18,22,25H,5,12-17,19-21H2,1-4H3. The van der Waals surface area contributed by atoms with Gasteiger partial charge >= 0.3 is 0 Å². The van der Waals surface area contributed by atoms with Crippen molar-refractivity contribution in [3.05, 3.63) is 59.5 Å². The van der Waals surface area contributed by atoms with Crippen molar-refractivity contribution in [3.63, 3.8) is 0 Å². The molecule has 0 bridgehead atoms. The minimum absolute atomic E-state index is 0.0312. The number of likely N-dealkylation sites (tertiary alicyclic amines) is 1.